The summed E-state index contributed by atoms with van der Waals surface area (Å²) in [4.78, 5) is 0.412. The SMILES string of the molecule is [2H]C([2H])([2H])Nc1ccc(OC)cc1S(C)=O. The summed E-state index contributed by atoms with van der Waals surface area (Å²) in [5.41, 5.74) is 0.335. The minimum atomic E-state index is -2.30. The maximum atomic E-state index is 11.5. The van der Waals surface area contributed by atoms with Crippen molar-refractivity contribution in [1.29, 1.82) is 0 Å². The fourth-order valence-electron chi connectivity index (χ4n) is 0.971. The minimum absolute atomic E-state index is 0.335. The number of methoxy groups -OCH3 is 1. The molecule has 0 amide bonds. The van der Waals surface area contributed by atoms with Crippen molar-refractivity contribution in [2.45, 2.75) is 4.90 Å². The summed E-state index contributed by atoms with van der Waals surface area (Å²) in [5, 5.41) is 2.33. The van der Waals surface area contributed by atoms with Crippen molar-refractivity contribution in [3.63, 3.8) is 0 Å². The highest BCUT2D eigenvalue weighted by Gasteiger charge is 2.05. The van der Waals surface area contributed by atoms with E-state index in [1.54, 1.807) is 18.2 Å². The number of nitrogens with one attached hydrogen (secondary N) is 1. The molecule has 1 unspecified atom stereocenters. The smallest absolute Gasteiger partial charge is 0.120 e. The highest BCUT2D eigenvalue weighted by molar-refractivity contribution is 7.84. The Labute approximate surface area is 84.8 Å². The summed E-state index contributed by atoms with van der Waals surface area (Å²) in [5.74, 6) is 0.543. The molecular weight excluding hydrogens is 186 g/mol. The van der Waals surface area contributed by atoms with Crippen molar-refractivity contribution in [2.75, 3.05) is 25.7 Å². The average Bonchev–Trinajstić information content (AvgIpc) is 2.15. The second kappa shape index (κ2) is 4.28. The molecule has 0 bridgehead atoms. The van der Waals surface area contributed by atoms with Crippen molar-refractivity contribution in [3.05, 3.63) is 18.2 Å². The van der Waals surface area contributed by atoms with Crippen molar-refractivity contribution >= 4 is 16.5 Å². The molecule has 0 saturated carbocycles. The zero-order valence-corrected chi connectivity index (χ0v) is 8.27. The number of hydrogen-bond donors (Lipinski definition) is 1. The van der Waals surface area contributed by atoms with E-state index in [-0.39, 0.29) is 0 Å². The molecule has 4 heteroatoms. The van der Waals surface area contributed by atoms with Crippen LogP contribution in [0.1, 0.15) is 4.11 Å². The van der Waals surface area contributed by atoms with E-state index < -0.39 is 17.8 Å². The molecule has 0 radical (unpaired) electrons. The van der Waals surface area contributed by atoms with E-state index in [9.17, 15) is 4.21 Å². The minimum Gasteiger partial charge on any atom is -0.497 e. The molecule has 1 rings (SSSR count). The molecule has 0 fully saturated rings. The van der Waals surface area contributed by atoms with Gasteiger partial charge in [-0.15, -0.1) is 0 Å². The third-order valence-electron chi connectivity index (χ3n) is 1.63. The molecule has 0 aliphatic heterocycles. The van der Waals surface area contributed by atoms with Crippen LogP contribution in [0.5, 0.6) is 5.75 Å². The van der Waals surface area contributed by atoms with Crippen LogP contribution in [0.3, 0.4) is 0 Å². The van der Waals surface area contributed by atoms with E-state index in [1.807, 2.05) is 0 Å². The van der Waals surface area contributed by atoms with E-state index in [2.05, 4.69) is 5.32 Å². The van der Waals surface area contributed by atoms with Gasteiger partial charge in [0.05, 0.1) is 28.5 Å². The fourth-order valence-corrected chi connectivity index (χ4v) is 1.68. The van der Waals surface area contributed by atoms with E-state index in [0.29, 0.717) is 16.3 Å². The molecule has 1 N–H and O–H groups in total. The van der Waals surface area contributed by atoms with Crippen LogP contribution < -0.4 is 10.1 Å². The standard InChI is InChI=1S/C9H13NO2S/c1-10-8-5-4-7(12-2)6-9(8)13(3)11/h4-6,10H,1-3H3/i1D3. The third-order valence-corrected chi connectivity index (χ3v) is 2.59. The first-order valence-corrected chi connectivity index (χ1v) is 5.19. The number of hydrogen-bond acceptors (Lipinski definition) is 3. The van der Waals surface area contributed by atoms with E-state index in [1.165, 1.54) is 13.4 Å². The van der Waals surface area contributed by atoms with Crippen molar-refractivity contribution in [3.8, 4) is 5.75 Å². The van der Waals surface area contributed by atoms with Crippen LogP contribution in [0.4, 0.5) is 5.69 Å². The molecule has 1 aromatic carbocycles. The molecule has 0 spiro atoms. The Morgan fingerprint density at radius 2 is 2.38 bits per heavy atom. The normalized spacial score (nSPS) is 16.6. The van der Waals surface area contributed by atoms with Crippen LogP contribution >= 0.6 is 0 Å². The summed E-state index contributed by atoms with van der Waals surface area (Å²) in [6.07, 6.45) is 1.49. The van der Waals surface area contributed by atoms with Gasteiger partial charge >= 0.3 is 0 Å². The Balaban J connectivity index is 3.13. The quantitative estimate of drug-likeness (QED) is 0.806. The Bertz CT molecular complexity index is 406. The second-order valence-electron chi connectivity index (χ2n) is 2.44. The van der Waals surface area contributed by atoms with E-state index in [4.69, 9.17) is 8.85 Å². The predicted molar refractivity (Wildman–Crippen MR) is 54.9 cm³/mol. The molecule has 1 aromatic rings. The van der Waals surface area contributed by atoms with Crippen LogP contribution in [-0.2, 0) is 10.8 Å². The molecule has 0 aromatic heterocycles. The molecular formula is C9H13NO2S. The number of benzene rings is 1. The van der Waals surface area contributed by atoms with Gasteiger partial charge in [0.15, 0.2) is 0 Å². The van der Waals surface area contributed by atoms with Gasteiger partial charge in [0.25, 0.3) is 0 Å². The molecule has 0 aliphatic rings. The molecule has 0 saturated heterocycles. The lowest BCUT2D eigenvalue weighted by Crippen LogP contribution is -1.97. The van der Waals surface area contributed by atoms with E-state index in [0.717, 1.165) is 0 Å². The summed E-state index contributed by atoms with van der Waals surface area (Å²) in [7, 11) is 0.215. The summed E-state index contributed by atoms with van der Waals surface area (Å²) >= 11 is 0. The lowest BCUT2D eigenvalue weighted by Gasteiger charge is -2.08. The van der Waals surface area contributed by atoms with Crippen LogP contribution in [-0.4, -0.2) is 24.6 Å². The van der Waals surface area contributed by atoms with Gasteiger partial charge in [0, 0.05) is 17.3 Å². The molecule has 3 nitrogen and oxygen atoms in total. The third kappa shape index (κ3) is 2.21. The topological polar surface area (TPSA) is 38.3 Å². The maximum Gasteiger partial charge on any atom is 0.120 e. The summed E-state index contributed by atoms with van der Waals surface area (Å²) in [6.45, 7) is -2.30. The van der Waals surface area contributed by atoms with Crippen molar-refractivity contribution in [2.24, 2.45) is 0 Å². The van der Waals surface area contributed by atoms with Gasteiger partial charge in [-0.05, 0) is 18.2 Å². The highest BCUT2D eigenvalue weighted by atomic mass is 32.2. The van der Waals surface area contributed by atoms with Gasteiger partial charge in [0.1, 0.15) is 5.75 Å². The van der Waals surface area contributed by atoms with E-state index >= 15 is 0 Å². The average molecular weight is 202 g/mol. The van der Waals surface area contributed by atoms with Crippen molar-refractivity contribution in [1.82, 2.24) is 0 Å². The molecule has 0 aliphatic carbocycles. The zero-order chi connectivity index (χ0) is 12.3. The number of rotatable bonds is 3. The van der Waals surface area contributed by atoms with Gasteiger partial charge in [-0.1, -0.05) is 0 Å². The first-order chi connectivity index (χ1) is 7.33. The lowest BCUT2D eigenvalue weighted by molar-refractivity contribution is 0.413. The van der Waals surface area contributed by atoms with Gasteiger partial charge in [-0.3, -0.25) is 4.21 Å². The summed E-state index contributed by atoms with van der Waals surface area (Å²) in [6, 6.07) is 4.72. The highest BCUT2D eigenvalue weighted by Crippen LogP contribution is 2.23. The molecule has 1 atom stereocenters. The fraction of sp³-hybridized carbons (Fsp3) is 0.333. The van der Waals surface area contributed by atoms with Gasteiger partial charge in [-0.2, -0.15) is 0 Å². The zero-order valence-electron chi connectivity index (χ0n) is 10.5. The Kier molecular flexibility index (Phi) is 2.11. The van der Waals surface area contributed by atoms with Crippen LogP contribution in [0.2, 0.25) is 0 Å². The Morgan fingerprint density at radius 3 is 2.92 bits per heavy atom. The van der Waals surface area contributed by atoms with Crippen LogP contribution in [0.25, 0.3) is 0 Å². The number of ether oxygens (including phenoxy) is 1. The lowest BCUT2D eigenvalue weighted by atomic mass is 10.3. The van der Waals surface area contributed by atoms with Crippen LogP contribution in [0.15, 0.2) is 23.1 Å². The predicted octanol–water partition coefficient (Wildman–Crippen LogP) is 1.47. The van der Waals surface area contributed by atoms with Crippen LogP contribution in [0, 0.1) is 0 Å². The molecule has 13 heavy (non-hydrogen) atoms. The first-order valence-electron chi connectivity index (χ1n) is 5.13. The maximum absolute atomic E-state index is 11.5. The monoisotopic (exact) mass is 202 g/mol. The van der Waals surface area contributed by atoms with Gasteiger partial charge in [-0.25, -0.2) is 0 Å². The Morgan fingerprint density at radius 1 is 1.62 bits per heavy atom. The largest absolute Gasteiger partial charge is 0.497 e. The van der Waals surface area contributed by atoms with Gasteiger partial charge < -0.3 is 10.1 Å². The Hall–Kier alpha value is -1.03. The molecule has 0 heterocycles. The first kappa shape index (κ1) is 6.43. The second-order valence-corrected chi connectivity index (χ2v) is 3.79. The number of anilines is 1. The van der Waals surface area contributed by atoms with Gasteiger partial charge in [0.2, 0.25) is 0 Å². The van der Waals surface area contributed by atoms with Crippen molar-refractivity contribution < 1.29 is 13.1 Å². The molecule has 72 valence electrons. The summed E-state index contributed by atoms with van der Waals surface area (Å²) < 4.78 is 37.7.